The van der Waals surface area contributed by atoms with E-state index >= 15 is 0 Å². The second-order valence-corrected chi connectivity index (χ2v) is 9.53. The molecule has 1 heterocycles. The van der Waals surface area contributed by atoms with Crippen molar-refractivity contribution in [2.45, 2.75) is 36.6 Å². The number of carbonyl (C=O) groups excluding carboxylic acids is 1. The molecule has 0 aliphatic heterocycles. The SMILES string of the molecule is COc1ccc(S(=O)(=O)C(F)(F)F)cc1NC(=O)c1nn(-c2ccccc2C)c2c1CCC2. The third kappa shape index (κ3) is 3.97. The van der Waals surface area contributed by atoms with E-state index in [1.165, 1.54) is 7.11 Å². The van der Waals surface area contributed by atoms with Crippen molar-refractivity contribution < 1.29 is 31.1 Å². The minimum atomic E-state index is -5.60. The van der Waals surface area contributed by atoms with Crippen molar-refractivity contribution in [2.24, 2.45) is 0 Å². The van der Waals surface area contributed by atoms with Crippen LogP contribution in [0.1, 0.15) is 33.7 Å². The molecular weight excluding hydrogens is 459 g/mol. The number of benzene rings is 2. The molecule has 4 rings (SSSR count). The summed E-state index contributed by atoms with van der Waals surface area (Å²) in [5.74, 6) is -0.653. The van der Waals surface area contributed by atoms with Crippen molar-refractivity contribution in [3.8, 4) is 11.4 Å². The maximum absolute atomic E-state index is 13.1. The van der Waals surface area contributed by atoms with Crippen LogP contribution < -0.4 is 10.1 Å². The van der Waals surface area contributed by atoms with E-state index in [0.29, 0.717) is 6.42 Å². The van der Waals surface area contributed by atoms with Gasteiger partial charge in [-0.05, 0) is 56.0 Å². The number of aromatic nitrogens is 2. The van der Waals surface area contributed by atoms with Crippen LogP contribution in [0.5, 0.6) is 5.75 Å². The number of fused-ring (bicyclic) bond motifs is 1. The summed E-state index contributed by atoms with van der Waals surface area (Å²) >= 11 is 0. The van der Waals surface area contributed by atoms with E-state index in [-0.39, 0.29) is 17.1 Å². The minimum absolute atomic E-state index is 0.0134. The van der Waals surface area contributed by atoms with E-state index in [0.717, 1.165) is 53.5 Å². The molecule has 2 aromatic carbocycles. The first-order valence-electron chi connectivity index (χ1n) is 10.0. The summed E-state index contributed by atoms with van der Waals surface area (Å²) in [4.78, 5) is 12.1. The molecule has 3 aromatic rings. The summed E-state index contributed by atoms with van der Waals surface area (Å²) in [6, 6.07) is 10.1. The van der Waals surface area contributed by atoms with Crippen molar-refractivity contribution >= 4 is 21.4 Å². The second-order valence-electron chi connectivity index (χ2n) is 7.59. The monoisotopic (exact) mass is 479 g/mol. The smallest absolute Gasteiger partial charge is 0.495 e. The Morgan fingerprint density at radius 3 is 2.55 bits per heavy atom. The molecule has 0 bridgehead atoms. The predicted octanol–water partition coefficient (Wildman–Crippen LogP) is 4.22. The molecule has 0 unspecified atom stereocenters. The van der Waals surface area contributed by atoms with Crippen molar-refractivity contribution in [3.63, 3.8) is 0 Å². The number of methoxy groups -OCH3 is 1. The second kappa shape index (κ2) is 8.22. The quantitative estimate of drug-likeness (QED) is 0.592. The van der Waals surface area contributed by atoms with Crippen LogP contribution in [0.25, 0.3) is 5.69 Å². The number of hydrogen-bond acceptors (Lipinski definition) is 5. The van der Waals surface area contributed by atoms with Crippen molar-refractivity contribution in [2.75, 3.05) is 12.4 Å². The highest BCUT2D eigenvalue weighted by Gasteiger charge is 2.47. The number of anilines is 1. The Morgan fingerprint density at radius 2 is 1.88 bits per heavy atom. The van der Waals surface area contributed by atoms with Gasteiger partial charge in [0.2, 0.25) is 0 Å². The zero-order chi connectivity index (χ0) is 24.0. The Labute approximate surface area is 188 Å². The average Bonchev–Trinajstić information content (AvgIpc) is 3.36. The molecule has 0 saturated carbocycles. The lowest BCUT2D eigenvalue weighted by Crippen LogP contribution is -2.23. The third-order valence-corrected chi connectivity index (χ3v) is 7.01. The van der Waals surface area contributed by atoms with Gasteiger partial charge in [-0.3, -0.25) is 4.79 Å². The van der Waals surface area contributed by atoms with E-state index in [4.69, 9.17) is 4.74 Å². The Hall–Kier alpha value is -3.34. The lowest BCUT2D eigenvalue weighted by atomic mass is 10.1. The molecule has 0 saturated heterocycles. The van der Waals surface area contributed by atoms with Crippen molar-refractivity contribution in [1.29, 1.82) is 0 Å². The van der Waals surface area contributed by atoms with E-state index in [9.17, 15) is 26.4 Å². The van der Waals surface area contributed by atoms with Crippen LogP contribution >= 0.6 is 0 Å². The molecular formula is C22H20F3N3O4S. The number of ether oxygens (including phenoxy) is 1. The molecule has 33 heavy (non-hydrogen) atoms. The number of carbonyl (C=O) groups is 1. The first-order valence-corrected chi connectivity index (χ1v) is 11.5. The number of rotatable bonds is 5. The molecule has 0 atom stereocenters. The normalized spacial score (nSPS) is 13.6. The maximum atomic E-state index is 13.1. The number of aryl methyl sites for hydroxylation is 1. The van der Waals surface area contributed by atoms with E-state index in [1.807, 2.05) is 31.2 Å². The fourth-order valence-corrected chi connectivity index (χ4v) is 4.67. The Balaban J connectivity index is 1.74. The summed E-state index contributed by atoms with van der Waals surface area (Å²) < 4.78 is 69.4. The Bertz CT molecular complexity index is 1350. The van der Waals surface area contributed by atoms with Crippen LogP contribution in [-0.2, 0) is 22.7 Å². The van der Waals surface area contributed by atoms with Crippen LogP contribution in [0.15, 0.2) is 47.4 Å². The molecule has 1 N–H and O–H groups in total. The topological polar surface area (TPSA) is 90.3 Å². The first-order chi connectivity index (χ1) is 15.5. The van der Waals surface area contributed by atoms with Gasteiger partial charge in [-0.2, -0.15) is 18.3 Å². The van der Waals surface area contributed by atoms with Gasteiger partial charge in [-0.1, -0.05) is 18.2 Å². The number of sulfone groups is 1. The van der Waals surface area contributed by atoms with Gasteiger partial charge in [-0.25, -0.2) is 13.1 Å². The number of nitrogens with zero attached hydrogens (tertiary/aromatic N) is 2. The summed E-state index contributed by atoms with van der Waals surface area (Å²) in [5.41, 5.74) is -2.10. The van der Waals surface area contributed by atoms with Gasteiger partial charge in [0.25, 0.3) is 15.7 Å². The fourth-order valence-electron chi connectivity index (χ4n) is 3.89. The van der Waals surface area contributed by atoms with Gasteiger partial charge in [0, 0.05) is 11.3 Å². The van der Waals surface area contributed by atoms with E-state index < -0.39 is 26.1 Å². The number of nitrogens with one attached hydrogen (secondary N) is 1. The van der Waals surface area contributed by atoms with Crippen molar-refractivity contribution in [3.05, 3.63) is 65.0 Å². The highest BCUT2D eigenvalue weighted by atomic mass is 32.2. The van der Waals surface area contributed by atoms with Gasteiger partial charge in [0.05, 0.1) is 23.4 Å². The van der Waals surface area contributed by atoms with Gasteiger partial charge in [0.1, 0.15) is 5.75 Å². The van der Waals surface area contributed by atoms with E-state index in [1.54, 1.807) is 4.68 Å². The summed E-state index contributed by atoms with van der Waals surface area (Å²) in [7, 11) is -4.34. The summed E-state index contributed by atoms with van der Waals surface area (Å²) in [6.45, 7) is 1.93. The molecule has 0 spiro atoms. The molecule has 1 amide bonds. The number of amides is 1. The molecule has 0 fully saturated rings. The Morgan fingerprint density at radius 1 is 1.15 bits per heavy atom. The van der Waals surface area contributed by atoms with Gasteiger partial charge in [0.15, 0.2) is 5.69 Å². The zero-order valence-corrected chi connectivity index (χ0v) is 18.5. The maximum Gasteiger partial charge on any atom is 0.501 e. The molecule has 1 aromatic heterocycles. The minimum Gasteiger partial charge on any atom is -0.495 e. The summed E-state index contributed by atoms with van der Waals surface area (Å²) in [5, 5.41) is 6.97. The van der Waals surface area contributed by atoms with Crippen LogP contribution in [-0.4, -0.2) is 36.7 Å². The van der Waals surface area contributed by atoms with Crippen LogP contribution in [0, 0.1) is 6.92 Å². The number of hydrogen-bond donors (Lipinski definition) is 1. The molecule has 7 nitrogen and oxygen atoms in total. The highest BCUT2D eigenvalue weighted by molar-refractivity contribution is 7.92. The van der Waals surface area contributed by atoms with Crippen LogP contribution in [0.2, 0.25) is 0 Å². The van der Waals surface area contributed by atoms with Gasteiger partial charge in [-0.15, -0.1) is 0 Å². The average molecular weight is 479 g/mol. The standard InChI is InChI=1S/C22H20F3N3O4S/c1-13-6-3-4-8-17(13)28-18-9-5-7-15(18)20(27-28)21(29)26-16-12-14(10-11-19(16)32-2)33(30,31)22(23,24)25/h3-4,6,8,10-12H,5,7,9H2,1-2H3,(H,26,29). The first kappa shape index (κ1) is 22.8. The van der Waals surface area contributed by atoms with Gasteiger partial charge < -0.3 is 10.1 Å². The lowest BCUT2D eigenvalue weighted by molar-refractivity contribution is -0.0436. The molecule has 174 valence electrons. The number of para-hydroxylation sites is 1. The van der Waals surface area contributed by atoms with Crippen molar-refractivity contribution in [1.82, 2.24) is 9.78 Å². The number of alkyl halides is 3. The predicted molar refractivity (Wildman–Crippen MR) is 115 cm³/mol. The lowest BCUT2D eigenvalue weighted by Gasteiger charge is -2.13. The molecule has 1 aliphatic rings. The molecule has 1 aliphatic carbocycles. The third-order valence-electron chi connectivity index (χ3n) is 5.52. The zero-order valence-electron chi connectivity index (χ0n) is 17.7. The van der Waals surface area contributed by atoms with E-state index in [2.05, 4.69) is 10.4 Å². The summed E-state index contributed by atoms with van der Waals surface area (Å²) in [6.07, 6.45) is 2.19. The molecule has 0 radical (unpaired) electrons. The Kier molecular flexibility index (Phi) is 5.69. The highest BCUT2D eigenvalue weighted by Crippen LogP contribution is 2.35. The van der Waals surface area contributed by atoms with Gasteiger partial charge >= 0.3 is 5.51 Å². The molecule has 11 heteroatoms. The van der Waals surface area contributed by atoms with Crippen LogP contribution in [0.3, 0.4) is 0 Å². The van der Waals surface area contributed by atoms with Crippen LogP contribution in [0.4, 0.5) is 18.9 Å². The number of halogens is 3. The largest absolute Gasteiger partial charge is 0.501 e. The fraction of sp³-hybridized carbons (Fsp3) is 0.273.